The molecule has 2 aliphatic rings. The Labute approximate surface area is 147 Å². The quantitative estimate of drug-likeness (QED) is 0.687. The number of carbonyl (C=O) groups is 1. The van der Waals surface area contributed by atoms with Gasteiger partial charge in [-0.05, 0) is 55.3 Å². The Hall–Kier alpha value is -1.33. The lowest BCUT2D eigenvalue weighted by Crippen LogP contribution is -2.24. The van der Waals surface area contributed by atoms with Crippen LogP contribution in [0.3, 0.4) is 0 Å². The molecular formula is C19H29N3OS. The molecule has 5 heteroatoms. The highest BCUT2D eigenvalue weighted by Gasteiger charge is 2.22. The minimum absolute atomic E-state index is 0.196. The van der Waals surface area contributed by atoms with Gasteiger partial charge in [0.05, 0.1) is 5.04 Å². The van der Waals surface area contributed by atoms with E-state index < -0.39 is 0 Å². The number of carbonyl (C=O) groups excluding carboxylic acids is 1. The zero-order valence-corrected chi connectivity index (χ0v) is 15.2. The summed E-state index contributed by atoms with van der Waals surface area (Å²) in [6, 6.07) is 8.42. The third-order valence-corrected chi connectivity index (χ3v) is 7.47. The van der Waals surface area contributed by atoms with Crippen molar-refractivity contribution in [3.8, 4) is 0 Å². The molecule has 1 amide bonds. The van der Waals surface area contributed by atoms with Crippen LogP contribution in [0.1, 0.15) is 44.9 Å². The molecule has 1 aliphatic heterocycles. The van der Waals surface area contributed by atoms with Crippen molar-refractivity contribution >= 4 is 27.5 Å². The Morgan fingerprint density at radius 1 is 1.29 bits per heavy atom. The molecule has 1 aromatic carbocycles. The number of hydrogen-bond acceptors (Lipinski definition) is 3. The number of nitrogens with two attached hydrogens (primary N) is 1. The van der Waals surface area contributed by atoms with Gasteiger partial charge in [0.15, 0.2) is 0 Å². The molecule has 1 saturated carbocycles. The molecule has 132 valence electrons. The van der Waals surface area contributed by atoms with Gasteiger partial charge in [0.2, 0.25) is 5.91 Å². The van der Waals surface area contributed by atoms with E-state index in [1.165, 1.54) is 29.2 Å². The molecule has 1 aromatic rings. The third kappa shape index (κ3) is 4.39. The molecule has 0 aromatic heterocycles. The first kappa shape index (κ1) is 17.5. The summed E-state index contributed by atoms with van der Waals surface area (Å²) in [6.45, 7) is 1.66. The second kappa shape index (κ2) is 8.67. The smallest absolute Gasteiger partial charge is 0.227 e. The van der Waals surface area contributed by atoms with Crippen LogP contribution in [0.15, 0.2) is 34.2 Å². The second-order valence-corrected chi connectivity index (χ2v) is 9.05. The predicted octanol–water partition coefficient (Wildman–Crippen LogP) is 3.72. The summed E-state index contributed by atoms with van der Waals surface area (Å²) in [5.41, 5.74) is 6.59. The van der Waals surface area contributed by atoms with Gasteiger partial charge in [-0.2, -0.15) is 10.9 Å². The number of anilines is 1. The Morgan fingerprint density at radius 3 is 2.92 bits per heavy atom. The van der Waals surface area contributed by atoms with Crippen LogP contribution in [0.25, 0.3) is 0 Å². The van der Waals surface area contributed by atoms with Crippen LogP contribution in [-0.4, -0.2) is 29.8 Å². The van der Waals surface area contributed by atoms with Crippen molar-refractivity contribution < 1.29 is 4.79 Å². The summed E-state index contributed by atoms with van der Waals surface area (Å²) in [5, 5.41) is 4.48. The van der Waals surface area contributed by atoms with E-state index in [0.717, 1.165) is 50.2 Å². The first-order valence-electron chi connectivity index (χ1n) is 9.20. The molecule has 1 unspecified atom stereocenters. The van der Waals surface area contributed by atoms with Crippen molar-refractivity contribution in [3.05, 3.63) is 24.3 Å². The van der Waals surface area contributed by atoms with E-state index in [9.17, 15) is 4.79 Å². The van der Waals surface area contributed by atoms with E-state index in [-0.39, 0.29) is 22.7 Å². The largest absolute Gasteiger partial charge is 0.330 e. The SMILES string of the molecule is NCCCC1=NCC[SH]1c1cccc(NC(=O)C2CCCCC2)c1. The maximum Gasteiger partial charge on any atom is 0.227 e. The summed E-state index contributed by atoms with van der Waals surface area (Å²) in [7, 11) is -0.328. The number of nitrogens with zero attached hydrogens (tertiary/aromatic N) is 1. The highest BCUT2D eigenvalue weighted by atomic mass is 32.2. The highest BCUT2D eigenvalue weighted by Crippen LogP contribution is 2.43. The first-order valence-corrected chi connectivity index (χ1v) is 10.7. The molecule has 24 heavy (non-hydrogen) atoms. The van der Waals surface area contributed by atoms with Crippen molar-refractivity contribution in [2.75, 3.05) is 24.2 Å². The number of thiol groups is 1. The van der Waals surface area contributed by atoms with Crippen LogP contribution in [0, 0.1) is 5.92 Å². The van der Waals surface area contributed by atoms with Crippen LogP contribution in [-0.2, 0) is 4.79 Å². The Bertz CT molecular complexity index is 596. The monoisotopic (exact) mass is 347 g/mol. The van der Waals surface area contributed by atoms with E-state index in [4.69, 9.17) is 10.7 Å². The molecule has 4 nitrogen and oxygen atoms in total. The molecule has 0 spiro atoms. The zero-order chi connectivity index (χ0) is 16.8. The Balaban J connectivity index is 1.65. The van der Waals surface area contributed by atoms with Crippen LogP contribution >= 0.6 is 10.9 Å². The van der Waals surface area contributed by atoms with Gasteiger partial charge in [-0.3, -0.25) is 9.79 Å². The van der Waals surface area contributed by atoms with Gasteiger partial charge in [0.1, 0.15) is 0 Å². The summed E-state index contributed by atoms with van der Waals surface area (Å²) in [5.74, 6) is 1.53. The molecule has 3 rings (SSSR count). The molecule has 0 radical (unpaired) electrons. The van der Waals surface area contributed by atoms with Crippen molar-refractivity contribution in [1.29, 1.82) is 0 Å². The van der Waals surface area contributed by atoms with Gasteiger partial charge in [0, 0.05) is 23.9 Å². The lowest BCUT2D eigenvalue weighted by atomic mass is 9.88. The fourth-order valence-electron chi connectivity index (χ4n) is 3.61. The average Bonchev–Trinajstić information content (AvgIpc) is 3.09. The molecule has 1 heterocycles. The minimum atomic E-state index is -0.328. The number of hydrogen-bond donors (Lipinski definition) is 3. The summed E-state index contributed by atoms with van der Waals surface area (Å²) in [4.78, 5) is 18.5. The Kier molecular flexibility index (Phi) is 6.32. The van der Waals surface area contributed by atoms with E-state index >= 15 is 0 Å². The molecule has 0 bridgehead atoms. The van der Waals surface area contributed by atoms with E-state index in [1.807, 2.05) is 6.07 Å². The molecule has 0 saturated heterocycles. The van der Waals surface area contributed by atoms with Gasteiger partial charge in [-0.25, -0.2) is 0 Å². The van der Waals surface area contributed by atoms with Crippen molar-refractivity contribution in [1.82, 2.24) is 0 Å². The van der Waals surface area contributed by atoms with Crippen molar-refractivity contribution in [3.63, 3.8) is 0 Å². The van der Waals surface area contributed by atoms with E-state index in [1.54, 1.807) is 0 Å². The number of rotatable bonds is 6. The minimum Gasteiger partial charge on any atom is -0.330 e. The van der Waals surface area contributed by atoms with Crippen molar-refractivity contribution in [2.45, 2.75) is 49.8 Å². The van der Waals surface area contributed by atoms with Gasteiger partial charge < -0.3 is 11.1 Å². The maximum absolute atomic E-state index is 12.5. The second-order valence-electron chi connectivity index (χ2n) is 6.72. The fraction of sp³-hybridized carbons (Fsp3) is 0.579. The van der Waals surface area contributed by atoms with Gasteiger partial charge >= 0.3 is 0 Å². The maximum atomic E-state index is 12.5. The lowest BCUT2D eigenvalue weighted by Gasteiger charge is -2.22. The predicted molar refractivity (Wildman–Crippen MR) is 104 cm³/mol. The molecular weight excluding hydrogens is 318 g/mol. The Morgan fingerprint density at radius 2 is 2.12 bits per heavy atom. The van der Waals surface area contributed by atoms with Gasteiger partial charge in [-0.15, -0.1) is 0 Å². The lowest BCUT2D eigenvalue weighted by molar-refractivity contribution is -0.120. The van der Waals surface area contributed by atoms with E-state index in [0.29, 0.717) is 0 Å². The molecule has 1 aliphatic carbocycles. The van der Waals surface area contributed by atoms with Gasteiger partial charge in [0.25, 0.3) is 0 Å². The van der Waals surface area contributed by atoms with Crippen LogP contribution in [0.4, 0.5) is 5.69 Å². The summed E-state index contributed by atoms with van der Waals surface area (Å²) in [6.07, 6.45) is 7.74. The van der Waals surface area contributed by atoms with Crippen LogP contribution < -0.4 is 11.1 Å². The van der Waals surface area contributed by atoms with E-state index in [2.05, 4.69) is 23.5 Å². The number of aliphatic imine (C=N–C) groups is 1. The highest BCUT2D eigenvalue weighted by molar-refractivity contribution is 8.30. The number of amides is 1. The number of benzene rings is 1. The third-order valence-electron chi connectivity index (χ3n) is 4.94. The number of nitrogens with one attached hydrogen (secondary N) is 1. The first-order chi connectivity index (χ1) is 11.8. The molecule has 1 atom stereocenters. The fourth-order valence-corrected chi connectivity index (χ4v) is 5.98. The van der Waals surface area contributed by atoms with Crippen LogP contribution in [0.5, 0.6) is 0 Å². The van der Waals surface area contributed by atoms with Crippen molar-refractivity contribution in [2.24, 2.45) is 16.6 Å². The standard InChI is InChI=1S/C19H29N3OS/c20-11-5-10-18-21-12-13-24(18)17-9-4-8-16(14-17)22-19(23)15-6-2-1-3-7-15/h4,8-9,14-15,24H,1-3,5-7,10-13,20H2,(H,22,23). The average molecular weight is 348 g/mol. The van der Waals surface area contributed by atoms with Gasteiger partial charge in [-0.1, -0.05) is 25.3 Å². The molecule has 3 N–H and O–H groups in total. The zero-order valence-electron chi connectivity index (χ0n) is 14.3. The van der Waals surface area contributed by atoms with Crippen LogP contribution in [0.2, 0.25) is 0 Å². The topological polar surface area (TPSA) is 67.5 Å². The normalized spacial score (nSPS) is 23.0. The summed E-state index contributed by atoms with van der Waals surface area (Å²) >= 11 is 0. The molecule has 1 fully saturated rings. The summed E-state index contributed by atoms with van der Waals surface area (Å²) < 4.78 is 0.